The van der Waals surface area contributed by atoms with Crippen LogP contribution in [-0.2, 0) is 31.1 Å². The normalized spacial score (nSPS) is 15.8. The molecule has 1 heterocycles. The second-order valence-corrected chi connectivity index (χ2v) is 8.72. The molecule has 1 aromatic carbocycles. The smallest absolute Gasteiger partial charge is 0.408 e. The number of benzene rings is 1. The highest BCUT2D eigenvalue weighted by Gasteiger charge is 2.25. The van der Waals surface area contributed by atoms with Gasteiger partial charge in [0.05, 0.1) is 5.75 Å². The number of amides is 2. The van der Waals surface area contributed by atoms with E-state index in [0.717, 1.165) is 5.56 Å². The molecule has 0 radical (unpaired) electrons. The van der Waals surface area contributed by atoms with Crippen molar-refractivity contribution in [1.82, 2.24) is 15.1 Å². The maximum atomic E-state index is 12.4. The van der Waals surface area contributed by atoms with Crippen LogP contribution >= 0.6 is 0 Å². The van der Waals surface area contributed by atoms with E-state index < -0.39 is 28.2 Å². The predicted octanol–water partition coefficient (Wildman–Crippen LogP) is 0.178. The van der Waals surface area contributed by atoms with Gasteiger partial charge in [0.1, 0.15) is 12.6 Å². The third kappa shape index (κ3) is 9.32. The van der Waals surface area contributed by atoms with Crippen molar-refractivity contribution in [2.24, 2.45) is 0 Å². The van der Waals surface area contributed by atoms with E-state index >= 15 is 0 Å². The van der Waals surface area contributed by atoms with Crippen LogP contribution in [0, 0.1) is 0 Å². The Morgan fingerprint density at radius 3 is 2.32 bits per heavy atom. The predicted molar refractivity (Wildman–Crippen MR) is 110 cm³/mol. The number of nitrogens with zero attached hydrogens (tertiary/aromatic N) is 2. The summed E-state index contributed by atoms with van der Waals surface area (Å²) < 4.78 is 35.5. The number of piperazine rings is 1. The summed E-state index contributed by atoms with van der Waals surface area (Å²) in [5, 5.41) is 11.6. The maximum absolute atomic E-state index is 12.4. The van der Waals surface area contributed by atoms with Crippen LogP contribution in [0.1, 0.15) is 18.4 Å². The summed E-state index contributed by atoms with van der Waals surface area (Å²) in [5.74, 6) is -1.88. The molecule has 0 unspecified atom stereocenters. The number of aliphatic carboxylic acids is 1. The van der Waals surface area contributed by atoms with Gasteiger partial charge in [0, 0.05) is 39.1 Å². The second-order valence-electron chi connectivity index (χ2n) is 7.14. The fourth-order valence-electron chi connectivity index (χ4n) is 3.06. The lowest BCUT2D eigenvalue weighted by atomic mass is 10.1. The summed E-state index contributed by atoms with van der Waals surface area (Å²) in [4.78, 5) is 39.1. The molecule has 1 aliphatic rings. The van der Waals surface area contributed by atoms with Crippen LogP contribution in [0.4, 0.5) is 4.79 Å². The number of carboxylic acid groups (broad SMARTS) is 1. The highest BCUT2D eigenvalue weighted by atomic mass is 32.2. The highest BCUT2D eigenvalue weighted by molar-refractivity contribution is 7.85. The zero-order valence-electron chi connectivity index (χ0n) is 17.0. The topological polar surface area (TPSA) is 154 Å². The van der Waals surface area contributed by atoms with Crippen LogP contribution in [0.5, 0.6) is 0 Å². The van der Waals surface area contributed by atoms with Gasteiger partial charge >= 0.3 is 12.1 Å². The average molecular weight is 458 g/mol. The molecule has 172 valence electrons. The van der Waals surface area contributed by atoms with Crippen molar-refractivity contribution in [1.29, 1.82) is 0 Å². The zero-order chi connectivity index (χ0) is 22.9. The monoisotopic (exact) mass is 457 g/mol. The van der Waals surface area contributed by atoms with E-state index in [0.29, 0.717) is 26.2 Å². The van der Waals surface area contributed by atoms with Crippen molar-refractivity contribution < 1.29 is 37.2 Å². The minimum atomic E-state index is -4.03. The van der Waals surface area contributed by atoms with Gasteiger partial charge in [-0.05, 0) is 12.0 Å². The number of carboxylic acids is 1. The van der Waals surface area contributed by atoms with Crippen LogP contribution in [-0.4, -0.2) is 90.4 Å². The molecule has 12 heteroatoms. The first-order valence-corrected chi connectivity index (χ1v) is 11.4. The lowest BCUT2D eigenvalue weighted by Crippen LogP contribution is -2.50. The van der Waals surface area contributed by atoms with E-state index in [-0.39, 0.29) is 37.7 Å². The molecule has 0 bridgehead atoms. The Kier molecular flexibility index (Phi) is 9.21. The van der Waals surface area contributed by atoms with E-state index in [1.807, 2.05) is 11.0 Å². The van der Waals surface area contributed by atoms with Crippen molar-refractivity contribution in [3.63, 3.8) is 0 Å². The SMILES string of the molecule is O=C(N[C@@H](CCC(=O)N1CCN(CCS(=O)(=O)O)CC1)C(=O)O)OCc1ccccc1. The number of carbonyl (C=O) groups is 3. The third-order valence-electron chi connectivity index (χ3n) is 4.84. The molecule has 1 saturated heterocycles. The van der Waals surface area contributed by atoms with Gasteiger partial charge in [-0.25, -0.2) is 9.59 Å². The van der Waals surface area contributed by atoms with Gasteiger partial charge in [-0.1, -0.05) is 30.3 Å². The molecule has 3 N–H and O–H groups in total. The third-order valence-corrected chi connectivity index (χ3v) is 5.54. The number of ether oxygens (including phenoxy) is 1. The van der Waals surface area contributed by atoms with Crippen LogP contribution in [0.2, 0.25) is 0 Å². The van der Waals surface area contributed by atoms with E-state index in [1.54, 1.807) is 29.2 Å². The van der Waals surface area contributed by atoms with Gasteiger partial charge in [0.25, 0.3) is 10.1 Å². The van der Waals surface area contributed by atoms with Gasteiger partial charge in [-0.15, -0.1) is 0 Å². The summed E-state index contributed by atoms with van der Waals surface area (Å²) in [5.41, 5.74) is 0.760. The van der Waals surface area contributed by atoms with E-state index in [4.69, 9.17) is 9.29 Å². The van der Waals surface area contributed by atoms with Gasteiger partial charge in [0.15, 0.2) is 0 Å². The summed E-state index contributed by atoms with van der Waals surface area (Å²) >= 11 is 0. The molecular weight excluding hydrogens is 430 g/mol. The van der Waals surface area contributed by atoms with Gasteiger partial charge in [-0.3, -0.25) is 14.2 Å². The first-order chi connectivity index (χ1) is 14.6. The second kappa shape index (κ2) is 11.6. The quantitative estimate of drug-likeness (QED) is 0.417. The number of hydrogen-bond donors (Lipinski definition) is 3. The number of alkyl carbamates (subject to hydrolysis) is 1. The first kappa shape index (κ1) is 24.6. The Labute approximate surface area is 180 Å². The number of nitrogens with one attached hydrogen (secondary N) is 1. The van der Waals surface area contributed by atoms with Gasteiger partial charge < -0.3 is 20.1 Å². The molecule has 1 atom stereocenters. The maximum Gasteiger partial charge on any atom is 0.408 e. The minimum absolute atomic E-state index is 0.000196. The minimum Gasteiger partial charge on any atom is -0.480 e. The highest BCUT2D eigenvalue weighted by Crippen LogP contribution is 2.08. The van der Waals surface area contributed by atoms with Crippen molar-refractivity contribution in [2.45, 2.75) is 25.5 Å². The molecule has 0 saturated carbocycles. The number of rotatable bonds is 10. The van der Waals surface area contributed by atoms with Crippen molar-refractivity contribution >= 4 is 28.1 Å². The molecule has 31 heavy (non-hydrogen) atoms. The Bertz CT molecular complexity index is 854. The number of hydrogen-bond acceptors (Lipinski definition) is 7. The number of carbonyl (C=O) groups excluding carboxylic acids is 2. The van der Waals surface area contributed by atoms with Crippen LogP contribution in [0.15, 0.2) is 30.3 Å². The lowest BCUT2D eigenvalue weighted by Gasteiger charge is -2.34. The van der Waals surface area contributed by atoms with E-state index in [2.05, 4.69) is 5.32 Å². The largest absolute Gasteiger partial charge is 0.480 e. The molecule has 2 amide bonds. The average Bonchev–Trinajstić information content (AvgIpc) is 2.74. The van der Waals surface area contributed by atoms with Crippen molar-refractivity contribution in [3.8, 4) is 0 Å². The fourth-order valence-corrected chi connectivity index (χ4v) is 3.54. The zero-order valence-corrected chi connectivity index (χ0v) is 17.8. The summed E-state index contributed by atoms with van der Waals surface area (Å²) in [6.45, 7) is 1.82. The van der Waals surface area contributed by atoms with Crippen molar-refractivity contribution in [2.75, 3.05) is 38.5 Å². The molecule has 1 aliphatic heterocycles. The van der Waals surface area contributed by atoms with Gasteiger partial charge in [0.2, 0.25) is 5.91 Å². The molecule has 0 spiro atoms. The molecule has 1 aromatic rings. The molecular formula is C19H27N3O8S. The van der Waals surface area contributed by atoms with E-state index in [1.165, 1.54) is 0 Å². The van der Waals surface area contributed by atoms with E-state index in [9.17, 15) is 27.9 Å². The molecule has 0 aromatic heterocycles. The Balaban J connectivity index is 1.72. The molecule has 0 aliphatic carbocycles. The molecule has 11 nitrogen and oxygen atoms in total. The van der Waals surface area contributed by atoms with Crippen LogP contribution in [0.3, 0.4) is 0 Å². The van der Waals surface area contributed by atoms with Gasteiger partial charge in [-0.2, -0.15) is 8.42 Å². The first-order valence-electron chi connectivity index (χ1n) is 9.79. The lowest BCUT2D eigenvalue weighted by molar-refractivity contribution is -0.140. The summed E-state index contributed by atoms with van der Waals surface area (Å²) in [6.07, 6.45) is -1.03. The van der Waals surface area contributed by atoms with Crippen molar-refractivity contribution in [3.05, 3.63) is 35.9 Å². The Morgan fingerprint density at radius 2 is 1.74 bits per heavy atom. The Hall–Kier alpha value is -2.70. The standard InChI is InChI=1S/C19H27N3O8S/c23-17(22-10-8-21(9-11-22)12-13-31(27,28)29)7-6-16(18(24)25)20-19(26)30-14-15-4-2-1-3-5-15/h1-5,16H,6-14H2,(H,20,26)(H,24,25)(H,27,28,29)/t16-/m0/s1. The Morgan fingerprint density at radius 1 is 1.10 bits per heavy atom. The fraction of sp³-hybridized carbons (Fsp3) is 0.526. The summed E-state index contributed by atoms with van der Waals surface area (Å²) in [7, 11) is -4.03. The molecule has 1 fully saturated rings. The summed E-state index contributed by atoms with van der Waals surface area (Å²) in [6, 6.07) is 7.67. The molecule has 2 rings (SSSR count). The van der Waals surface area contributed by atoms with Crippen LogP contribution < -0.4 is 5.32 Å². The van der Waals surface area contributed by atoms with Crippen LogP contribution in [0.25, 0.3) is 0 Å².